The van der Waals surface area contributed by atoms with E-state index in [9.17, 15) is 19.5 Å². The van der Waals surface area contributed by atoms with Crippen molar-refractivity contribution in [2.24, 2.45) is 5.92 Å². The van der Waals surface area contributed by atoms with E-state index in [1.165, 1.54) is 6.07 Å². The van der Waals surface area contributed by atoms with Gasteiger partial charge in [-0.25, -0.2) is 0 Å². The molecule has 2 atom stereocenters. The Hall–Kier alpha value is -4.20. The predicted octanol–water partition coefficient (Wildman–Crippen LogP) is 9.55. The van der Waals surface area contributed by atoms with E-state index >= 15 is 0 Å². The van der Waals surface area contributed by atoms with Crippen LogP contribution in [-0.4, -0.2) is 74.6 Å². The van der Waals surface area contributed by atoms with Gasteiger partial charge in [0.05, 0.1) is 34.9 Å². The Morgan fingerprint density at radius 1 is 1.02 bits per heavy atom. The van der Waals surface area contributed by atoms with Gasteiger partial charge in [0.15, 0.2) is 8.32 Å². The number of H-pyrrole nitrogens is 1. The van der Waals surface area contributed by atoms with Gasteiger partial charge in [0.2, 0.25) is 11.5 Å². The van der Waals surface area contributed by atoms with Crippen LogP contribution < -0.4 is 20.9 Å². The number of phenols is 1. The highest BCUT2D eigenvalue weighted by molar-refractivity contribution is 6.74. The highest BCUT2D eigenvalue weighted by atomic mass is 35.5. The van der Waals surface area contributed by atoms with Gasteiger partial charge in [0, 0.05) is 49.1 Å². The molecule has 11 nitrogen and oxygen atoms in total. The fourth-order valence-electron chi connectivity index (χ4n) is 9.36. The van der Waals surface area contributed by atoms with E-state index in [-0.39, 0.29) is 40.4 Å². The summed E-state index contributed by atoms with van der Waals surface area (Å²) in [5.74, 6) is 0.884. The van der Waals surface area contributed by atoms with Gasteiger partial charge in [-0.15, -0.1) is 0 Å². The minimum atomic E-state index is -2.27. The van der Waals surface area contributed by atoms with Crippen molar-refractivity contribution in [3.63, 3.8) is 0 Å². The molecule has 1 saturated carbocycles. The highest BCUT2D eigenvalue weighted by Crippen LogP contribution is 2.43. The number of hydrogen-bond acceptors (Lipinski definition) is 9. The molecule has 13 heteroatoms. The van der Waals surface area contributed by atoms with Crippen LogP contribution >= 0.6 is 11.6 Å². The molecular weight excluding hydrogens is 820 g/mol. The quantitative estimate of drug-likeness (QED) is 0.0640. The first kappa shape index (κ1) is 45.8. The molecule has 3 aliphatic heterocycles. The number of hydrogen-bond donors (Lipinski definition) is 4. The lowest BCUT2D eigenvalue weighted by Gasteiger charge is -2.45. The van der Waals surface area contributed by atoms with E-state index in [1.54, 1.807) is 31.4 Å². The zero-order valence-corrected chi connectivity index (χ0v) is 39.1. The molecule has 1 amide bonds. The first-order valence-electron chi connectivity index (χ1n) is 22.5. The standard InChI is InChI=1S/C49H65ClN4O7Si/c1-48(2,3)62(5,6)61-42(36-17-19-40(55)46-37(36)18-20-45(57)53-46)30-51-29-34-27-38(50)39(28-41(34)59-4)52-44(56)12-10-11-32-13-15-35(16-14-32)49(23-8-7-9-24-49)47(58)60-43-31-54-25-21-33(43)22-26-54/h13-20,27-28,33,42-43,51,55H,7-12,21-26,29-31H2,1-6H3,(H,52,56)(H,53,57)/t42-,43-/m0/s1. The predicted molar refractivity (Wildman–Crippen MR) is 249 cm³/mol. The van der Waals surface area contributed by atoms with Crippen molar-refractivity contribution >= 4 is 48.4 Å². The number of aryl methyl sites for hydroxylation is 1. The van der Waals surface area contributed by atoms with Crippen LogP contribution in [0.1, 0.15) is 107 Å². The van der Waals surface area contributed by atoms with Gasteiger partial charge >= 0.3 is 5.97 Å². The number of piperidine rings is 3. The number of methoxy groups -OCH3 is 1. The Morgan fingerprint density at radius 2 is 1.74 bits per heavy atom. The molecule has 334 valence electrons. The Bertz CT molecular complexity index is 2280. The molecule has 2 bridgehead atoms. The summed E-state index contributed by atoms with van der Waals surface area (Å²) in [6.07, 6.45) is 8.41. The van der Waals surface area contributed by atoms with E-state index < -0.39 is 13.7 Å². The topological polar surface area (TPSA) is 142 Å². The van der Waals surface area contributed by atoms with Gasteiger partial charge in [-0.3, -0.25) is 19.3 Å². The van der Waals surface area contributed by atoms with Crippen LogP contribution in [0.2, 0.25) is 23.2 Å². The number of fused-ring (bicyclic) bond motifs is 4. The summed E-state index contributed by atoms with van der Waals surface area (Å²) >= 11 is 6.78. The molecule has 0 radical (unpaired) electrons. The number of aromatic amines is 1. The molecule has 1 aromatic heterocycles. The van der Waals surface area contributed by atoms with E-state index in [4.69, 9.17) is 25.5 Å². The second kappa shape index (κ2) is 19.3. The summed E-state index contributed by atoms with van der Waals surface area (Å²) in [5.41, 5.74) is 3.83. The molecule has 4 aliphatic rings. The minimum absolute atomic E-state index is 0.0000229. The number of carbonyl (C=O) groups is 2. The molecule has 0 unspecified atom stereocenters. The normalized spacial score (nSPS) is 20.5. The van der Waals surface area contributed by atoms with Crippen LogP contribution in [0.15, 0.2) is 65.5 Å². The third kappa shape index (κ3) is 10.3. The van der Waals surface area contributed by atoms with Crippen molar-refractivity contribution in [2.45, 2.75) is 127 Å². The van der Waals surface area contributed by atoms with Crippen molar-refractivity contribution < 1.29 is 28.6 Å². The SMILES string of the molecule is COc1cc(NC(=O)CCCc2ccc(C3(C(=O)O[C@H]4CN5CCC4CC5)CCCCC3)cc2)c(Cl)cc1CNC[C@H](O[Si](C)(C)C(C)(C)C)c1ccc(O)c2[nH]c(=O)ccc12. The summed E-state index contributed by atoms with van der Waals surface area (Å²) in [5, 5.41) is 18.2. The number of amides is 1. The summed E-state index contributed by atoms with van der Waals surface area (Å²) in [6.45, 7) is 14.9. The third-order valence-electron chi connectivity index (χ3n) is 14.1. The van der Waals surface area contributed by atoms with E-state index in [0.29, 0.717) is 53.8 Å². The fourth-order valence-corrected chi connectivity index (χ4v) is 10.9. The van der Waals surface area contributed by atoms with Crippen molar-refractivity contribution in [3.8, 4) is 11.5 Å². The highest BCUT2D eigenvalue weighted by Gasteiger charge is 2.46. The van der Waals surface area contributed by atoms with Crippen molar-refractivity contribution in [3.05, 3.63) is 98.3 Å². The number of ether oxygens (including phenoxy) is 2. The summed E-state index contributed by atoms with van der Waals surface area (Å²) in [4.78, 5) is 44.5. The Morgan fingerprint density at radius 3 is 2.40 bits per heavy atom. The first-order chi connectivity index (χ1) is 29.6. The first-order valence-corrected chi connectivity index (χ1v) is 25.8. The van der Waals surface area contributed by atoms with Gasteiger partial charge in [-0.2, -0.15) is 0 Å². The largest absolute Gasteiger partial charge is 0.506 e. The van der Waals surface area contributed by atoms with Gasteiger partial charge in [-0.1, -0.05) is 82.0 Å². The zero-order valence-electron chi connectivity index (χ0n) is 37.3. The maximum atomic E-state index is 13.9. The molecule has 3 saturated heterocycles. The zero-order chi connectivity index (χ0) is 44.2. The smallest absolute Gasteiger partial charge is 0.316 e. The van der Waals surface area contributed by atoms with Crippen molar-refractivity contribution in [1.82, 2.24) is 15.2 Å². The van der Waals surface area contributed by atoms with Crippen LogP contribution in [-0.2, 0) is 37.1 Å². The molecular formula is C49H65ClN4O7Si. The number of esters is 1. The Kier molecular flexibility index (Phi) is 14.2. The van der Waals surface area contributed by atoms with Crippen LogP contribution in [0, 0.1) is 5.92 Å². The Balaban J connectivity index is 0.951. The molecule has 0 spiro atoms. The van der Waals surface area contributed by atoms with Crippen molar-refractivity contribution in [2.75, 3.05) is 38.6 Å². The molecule has 4 N–H and O–H groups in total. The molecule has 1 aliphatic carbocycles. The summed E-state index contributed by atoms with van der Waals surface area (Å²) in [7, 11) is -0.681. The van der Waals surface area contributed by atoms with Gasteiger partial charge < -0.3 is 34.6 Å². The number of benzene rings is 3. The molecule has 4 fully saturated rings. The van der Waals surface area contributed by atoms with E-state index in [0.717, 1.165) is 98.6 Å². The minimum Gasteiger partial charge on any atom is -0.506 e. The molecule has 3 aromatic carbocycles. The number of phenolic OH excluding ortho intramolecular Hbond substituents is 1. The number of anilines is 1. The van der Waals surface area contributed by atoms with E-state index in [2.05, 4.69) is 78.6 Å². The number of carbonyl (C=O) groups excluding carboxylic acids is 2. The number of nitrogens with zero attached hydrogens (tertiary/aromatic N) is 1. The molecule has 8 rings (SSSR count). The van der Waals surface area contributed by atoms with Crippen LogP contribution in [0.25, 0.3) is 10.9 Å². The monoisotopic (exact) mass is 884 g/mol. The van der Waals surface area contributed by atoms with Gasteiger partial charge in [0.1, 0.15) is 17.6 Å². The maximum Gasteiger partial charge on any atom is 0.316 e. The van der Waals surface area contributed by atoms with E-state index in [1.807, 2.05) is 6.07 Å². The van der Waals surface area contributed by atoms with Crippen LogP contribution in [0.3, 0.4) is 0 Å². The lowest BCUT2D eigenvalue weighted by molar-refractivity contribution is -0.167. The fraction of sp³-hybridized carbons (Fsp3) is 0.531. The second-order valence-electron chi connectivity index (χ2n) is 19.2. The third-order valence-corrected chi connectivity index (χ3v) is 18.9. The number of aromatic hydroxyl groups is 1. The number of nitrogens with one attached hydrogen (secondary N) is 3. The number of halogens is 1. The summed E-state index contributed by atoms with van der Waals surface area (Å²) < 4.78 is 19.1. The molecule has 4 heterocycles. The Labute approximate surface area is 372 Å². The number of aromatic nitrogens is 1. The average Bonchev–Trinajstić information content (AvgIpc) is 3.25. The second-order valence-corrected chi connectivity index (χ2v) is 24.4. The van der Waals surface area contributed by atoms with Gasteiger partial charge in [-0.05, 0) is 111 Å². The molecule has 62 heavy (non-hydrogen) atoms. The average molecular weight is 886 g/mol. The van der Waals surface area contributed by atoms with Gasteiger partial charge in [0.25, 0.3) is 0 Å². The lowest BCUT2D eigenvalue weighted by atomic mass is 9.69. The number of pyridine rings is 1. The molecule has 4 aromatic rings. The maximum absolute atomic E-state index is 13.9. The summed E-state index contributed by atoms with van der Waals surface area (Å²) in [6, 6.07) is 18.6. The number of rotatable bonds is 16. The van der Waals surface area contributed by atoms with Crippen molar-refractivity contribution in [1.29, 1.82) is 0 Å². The van der Waals surface area contributed by atoms with Crippen LogP contribution in [0.5, 0.6) is 11.5 Å². The lowest BCUT2D eigenvalue weighted by Crippen LogP contribution is -2.53. The van der Waals surface area contributed by atoms with Crippen LogP contribution in [0.4, 0.5) is 5.69 Å².